The van der Waals surface area contributed by atoms with Gasteiger partial charge in [-0.05, 0) is 37.0 Å². The van der Waals surface area contributed by atoms with E-state index in [9.17, 15) is 9.50 Å². The molecule has 3 unspecified atom stereocenters. The lowest BCUT2D eigenvalue weighted by Gasteiger charge is -2.31. The third kappa shape index (κ3) is 4.39. The van der Waals surface area contributed by atoms with Gasteiger partial charge in [0.05, 0.1) is 48.7 Å². The zero-order valence-corrected chi connectivity index (χ0v) is 20.6. The van der Waals surface area contributed by atoms with E-state index < -0.39 is 0 Å². The number of anilines is 1. The van der Waals surface area contributed by atoms with Crippen molar-refractivity contribution in [1.82, 2.24) is 19.7 Å². The van der Waals surface area contributed by atoms with E-state index in [-0.39, 0.29) is 30.2 Å². The van der Waals surface area contributed by atoms with Crippen molar-refractivity contribution in [2.24, 2.45) is 5.92 Å². The van der Waals surface area contributed by atoms with Crippen LogP contribution in [-0.4, -0.2) is 45.1 Å². The Morgan fingerprint density at radius 1 is 1.35 bits per heavy atom. The third-order valence-electron chi connectivity index (χ3n) is 7.01. The van der Waals surface area contributed by atoms with E-state index >= 15 is 0 Å². The number of aryl methyl sites for hydroxylation is 1. The molecule has 182 valence electrons. The second-order valence-electron chi connectivity index (χ2n) is 9.07. The molecule has 0 aliphatic carbocycles. The fraction of sp³-hybridized carbons (Fsp3) is 0.500. The van der Waals surface area contributed by atoms with Gasteiger partial charge in [0, 0.05) is 30.5 Å². The fourth-order valence-electron chi connectivity index (χ4n) is 5.16. The van der Waals surface area contributed by atoms with E-state index in [0.29, 0.717) is 25.3 Å². The lowest BCUT2D eigenvalue weighted by molar-refractivity contribution is 0.263. The van der Waals surface area contributed by atoms with E-state index in [4.69, 9.17) is 14.7 Å². The maximum absolute atomic E-state index is 14.4. The van der Waals surface area contributed by atoms with Crippen molar-refractivity contribution in [3.8, 4) is 17.0 Å². The summed E-state index contributed by atoms with van der Waals surface area (Å²) in [5, 5.41) is 17.5. The van der Waals surface area contributed by atoms with Crippen LogP contribution >= 0.6 is 0 Å². The number of fused-ring (bicyclic) bond motifs is 5. The monoisotopic (exact) mass is 467 g/mol. The van der Waals surface area contributed by atoms with Gasteiger partial charge < -0.3 is 15.2 Å². The molecule has 3 atom stereocenters. The van der Waals surface area contributed by atoms with E-state index in [1.54, 1.807) is 18.3 Å². The zero-order valence-electron chi connectivity index (χ0n) is 20.6. The molecule has 0 amide bonds. The van der Waals surface area contributed by atoms with E-state index in [0.717, 1.165) is 46.1 Å². The van der Waals surface area contributed by atoms with E-state index in [2.05, 4.69) is 31.2 Å². The molecule has 2 N–H and O–H groups in total. The normalized spacial score (nSPS) is 18.7. The molecule has 3 aromatic rings. The van der Waals surface area contributed by atoms with Gasteiger partial charge in [0.25, 0.3) is 0 Å². The smallest absolute Gasteiger partial charge is 0.147 e. The average molecular weight is 468 g/mol. The van der Waals surface area contributed by atoms with Gasteiger partial charge in [-0.3, -0.25) is 4.68 Å². The number of hydrogen-bond donors (Lipinski definition) is 2. The summed E-state index contributed by atoms with van der Waals surface area (Å²) in [6.07, 6.45) is 3.29. The van der Waals surface area contributed by atoms with Gasteiger partial charge in [0.2, 0.25) is 0 Å². The highest BCUT2D eigenvalue weighted by atomic mass is 19.1. The first-order valence-electron chi connectivity index (χ1n) is 12.0. The summed E-state index contributed by atoms with van der Waals surface area (Å²) >= 11 is 0. The third-order valence-corrected chi connectivity index (χ3v) is 7.01. The molecule has 0 saturated heterocycles. The van der Waals surface area contributed by atoms with E-state index in [1.807, 2.05) is 18.7 Å². The Morgan fingerprint density at radius 2 is 2.15 bits per heavy atom. The van der Waals surface area contributed by atoms with Crippen LogP contribution < -0.4 is 10.1 Å². The summed E-state index contributed by atoms with van der Waals surface area (Å²) in [5.41, 5.74) is 5.17. The average Bonchev–Trinajstić information content (AvgIpc) is 3.13. The number of aliphatic hydroxyl groups excluding tert-OH is 1. The number of benzene rings is 1. The largest absolute Gasteiger partial charge is 0.493 e. The maximum Gasteiger partial charge on any atom is 0.147 e. The molecule has 1 aliphatic rings. The predicted octanol–water partition coefficient (Wildman–Crippen LogP) is 4.69. The molecule has 8 heteroatoms. The fourth-order valence-corrected chi connectivity index (χ4v) is 5.16. The minimum Gasteiger partial charge on any atom is -0.493 e. The van der Waals surface area contributed by atoms with Gasteiger partial charge in [-0.25, -0.2) is 14.4 Å². The highest BCUT2D eigenvalue weighted by Crippen LogP contribution is 2.45. The van der Waals surface area contributed by atoms with Gasteiger partial charge in [0.1, 0.15) is 17.4 Å². The van der Waals surface area contributed by atoms with Crippen LogP contribution in [0.25, 0.3) is 11.3 Å². The molecule has 2 aromatic heterocycles. The van der Waals surface area contributed by atoms with Crippen molar-refractivity contribution < 1.29 is 14.2 Å². The first-order valence-corrected chi connectivity index (χ1v) is 12.0. The highest BCUT2D eigenvalue weighted by Gasteiger charge is 2.33. The standard InChI is InChI=1S/C26H34FN5O2/c1-6-15(2)23-16(3)19-13-18(27)7-8-22(19)34-12-9-21-24(17(4)31-32(21)10-11-33)20-14-29-26(28-5)25(23)30-20/h7-8,13-16,23,33H,6,9-12H2,1-5H3,(H,28,29). The molecular weight excluding hydrogens is 433 g/mol. The molecular formula is C26H34FN5O2. The van der Waals surface area contributed by atoms with Crippen molar-refractivity contribution in [2.75, 3.05) is 25.6 Å². The number of nitrogens with one attached hydrogen (secondary N) is 1. The minimum absolute atomic E-state index is 0.0141. The Kier molecular flexibility index (Phi) is 7.16. The number of nitrogens with zero attached hydrogens (tertiary/aromatic N) is 4. The summed E-state index contributed by atoms with van der Waals surface area (Å²) in [7, 11) is 1.85. The summed E-state index contributed by atoms with van der Waals surface area (Å²) in [6, 6.07) is 4.75. The quantitative estimate of drug-likeness (QED) is 0.566. The van der Waals surface area contributed by atoms with Gasteiger partial charge in [-0.2, -0.15) is 5.10 Å². The van der Waals surface area contributed by atoms with Crippen molar-refractivity contribution in [2.45, 2.75) is 58.9 Å². The lowest BCUT2D eigenvalue weighted by atomic mass is 9.76. The summed E-state index contributed by atoms with van der Waals surface area (Å²) < 4.78 is 22.5. The van der Waals surface area contributed by atoms with Crippen LogP contribution in [0.2, 0.25) is 0 Å². The topological polar surface area (TPSA) is 85.1 Å². The van der Waals surface area contributed by atoms with Crippen LogP contribution in [0.3, 0.4) is 0 Å². The summed E-state index contributed by atoms with van der Waals surface area (Å²) in [6.45, 7) is 9.22. The highest BCUT2D eigenvalue weighted by molar-refractivity contribution is 5.66. The van der Waals surface area contributed by atoms with Crippen molar-refractivity contribution >= 4 is 5.82 Å². The molecule has 0 radical (unpaired) electrons. The van der Waals surface area contributed by atoms with Gasteiger partial charge in [-0.1, -0.05) is 27.2 Å². The molecule has 0 fully saturated rings. The minimum atomic E-state index is -0.281. The first-order chi connectivity index (χ1) is 16.4. The number of rotatable bonds is 5. The summed E-state index contributed by atoms with van der Waals surface area (Å²) in [4.78, 5) is 9.93. The molecule has 7 nitrogen and oxygen atoms in total. The SMILES string of the molecule is CCC(C)C1c2nc(cnc2NC)-c2c(C)nn(CCO)c2CCOc2ccc(F)cc2C1C. The second kappa shape index (κ2) is 10.1. The Balaban J connectivity index is 2.00. The van der Waals surface area contributed by atoms with Crippen LogP contribution in [0.4, 0.5) is 10.2 Å². The molecule has 2 bridgehead atoms. The Labute approximate surface area is 200 Å². The molecule has 3 heterocycles. The second-order valence-corrected chi connectivity index (χ2v) is 9.07. The molecule has 0 spiro atoms. The van der Waals surface area contributed by atoms with Gasteiger partial charge in [0.15, 0.2) is 0 Å². The number of ether oxygens (including phenoxy) is 1. The van der Waals surface area contributed by atoms with Crippen molar-refractivity contribution in [1.29, 1.82) is 0 Å². The van der Waals surface area contributed by atoms with E-state index in [1.165, 1.54) is 6.07 Å². The van der Waals surface area contributed by atoms with Crippen LogP contribution in [0, 0.1) is 18.7 Å². The number of hydrogen-bond acceptors (Lipinski definition) is 6. The Morgan fingerprint density at radius 3 is 2.85 bits per heavy atom. The predicted molar refractivity (Wildman–Crippen MR) is 131 cm³/mol. The molecule has 1 aliphatic heterocycles. The van der Waals surface area contributed by atoms with Crippen LogP contribution in [0.1, 0.15) is 61.7 Å². The van der Waals surface area contributed by atoms with Gasteiger partial charge in [-0.15, -0.1) is 0 Å². The Hall–Kier alpha value is -3.00. The number of aromatic nitrogens is 4. The zero-order chi connectivity index (χ0) is 24.4. The molecule has 4 rings (SSSR count). The van der Waals surface area contributed by atoms with Crippen LogP contribution in [0.5, 0.6) is 5.75 Å². The van der Waals surface area contributed by atoms with Gasteiger partial charge >= 0.3 is 0 Å². The molecule has 0 saturated carbocycles. The van der Waals surface area contributed by atoms with Crippen molar-refractivity contribution in [3.63, 3.8) is 0 Å². The van der Waals surface area contributed by atoms with Crippen LogP contribution in [-0.2, 0) is 13.0 Å². The molecule has 1 aromatic carbocycles. The lowest BCUT2D eigenvalue weighted by Crippen LogP contribution is -2.21. The number of aliphatic hydroxyl groups is 1. The maximum atomic E-state index is 14.4. The Bertz CT molecular complexity index is 1160. The van der Waals surface area contributed by atoms with Crippen LogP contribution in [0.15, 0.2) is 24.4 Å². The first kappa shape index (κ1) is 24.1. The van der Waals surface area contributed by atoms with Crippen molar-refractivity contribution in [3.05, 3.63) is 52.9 Å². The summed E-state index contributed by atoms with van der Waals surface area (Å²) in [5.74, 6) is 1.33. The molecule has 34 heavy (non-hydrogen) atoms. The number of halogens is 1.